The van der Waals surface area contributed by atoms with Crippen molar-refractivity contribution in [1.29, 1.82) is 0 Å². The number of aryl methyl sites for hydroxylation is 1. The Bertz CT molecular complexity index is 1520. The Kier molecular flexibility index (Phi) is 5.44. The number of fused-ring (bicyclic) bond motifs is 2. The van der Waals surface area contributed by atoms with Crippen LogP contribution in [0.15, 0.2) is 54.9 Å². The predicted molar refractivity (Wildman–Crippen MR) is 131 cm³/mol. The maximum Gasteiger partial charge on any atom is 0.352 e. The summed E-state index contributed by atoms with van der Waals surface area (Å²) in [5.74, 6) is -0.297. The van der Waals surface area contributed by atoms with Gasteiger partial charge in [-0.1, -0.05) is 29.3 Å². The minimum Gasteiger partial charge on any atom is -0.477 e. The number of aromatic nitrogens is 4. The van der Waals surface area contributed by atoms with Gasteiger partial charge in [0.05, 0.1) is 21.3 Å². The lowest BCUT2D eigenvalue weighted by Crippen LogP contribution is -2.12. The van der Waals surface area contributed by atoms with Crippen LogP contribution in [0.1, 0.15) is 16.2 Å². The molecular formula is C24H19Cl2N5O2. The van der Waals surface area contributed by atoms with Crippen LogP contribution in [0.25, 0.3) is 33.1 Å². The number of anilines is 1. The zero-order valence-electron chi connectivity index (χ0n) is 17.6. The van der Waals surface area contributed by atoms with Gasteiger partial charge in [0.15, 0.2) is 0 Å². The summed E-state index contributed by atoms with van der Waals surface area (Å²) in [5.41, 5.74) is 4.53. The highest BCUT2D eigenvalue weighted by molar-refractivity contribution is 6.40. The van der Waals surface area contributed by atoms with Crippen molar-refractivity contribution in [3.8, 4) is 11.3 Å². The molecule has 0 amide bonds. The van der Waals surface area contributed by atoms with Gasteiger partial charge in [-0.25, -0.2) is 14.8 Å². The molecule has 3 N–H and O–H groups in total. The van der Waals surface area contributed by atoms with Crippen molar-refractivity contribution in [2.45, 2.75) is 13.5 Å². The number of hydrogen-bond acceptors (Lipinski definition) is 4. The van der Waals surface area contributed by atoms with E-state index in [0.717, 1.165) is 38.8 Å². The third-order valence-electron chi connectivity index (χ3n) is 5.62. The Hall–Kier alpha value is -3.55. The van der Waals surface area contributed by atoms with Gasteiger partial charge in [0.1, 0.15) is 17.8 Å². The highest BCUT2D eigenvalue weighted by Gasteiger charge is 2.12. The van der Waals surface area contributed by atoms with Crippen LogP contribution in [-0.4, -0.2) is 37.1 Å². The number of carbonyl (C=O) groups is 1. The SMILES string of the molecule is Cc1cc2c(Cl)ccc(Cl)c2n1CCNc1cc(-c2ccc3[nH]c(C(=O)O)cc3c2)ncn1. The number of hydrogen-bond donors (Lipinski definition) is 3. The van der Waals surface area contributed by atoms with Gasteiger partial charge >= 0.3 is 5.97 Å². The number of H-pyrrole nitrogens is 1. The lowest BCUT2D eigenvalue weighted by Gasteiger charge is -2.12. The van der Waals surface area contributed by atoms with Crippen molar-refractivity contribution in [2.24, 2.45) is 0 Å². The van der Waals surface area contributed by atoms with Gasteiger partial charge < -0.3 is 20.0 Å². The number of aromatic carboxylic acids is 1. The van der Waals surface area contributed by atoms with Crippen molar-refractivity contribution in [1.82, 2.24) is 19.5 Å². The molecule has 0 aliphatic heterocycles. The van der Waals surface area contributed by atoms with E-state index in [9.17, 15) is 9.90 Å². The molecule has 5 aromatic rings. The molecule has 33 heavy (non-hydrogen) atoms. The Morgan fingerprint density at radius 3 is 2.73 bits per heavy atom. The third-order valence-corrected chi connectivity index (χ3v) is 6.25. The molecule has 3 heterocycles. The number of carboxylic acid groups (broad SMARTS) is 1. The summed E-state index contributed by atoms with van der Waals surface area (Å²) in [6.07, 6.45) is 1.51. The average Bonchev–Trinajstić information content (AvgIpc) is 3.38. The fourth-order valence-corrected chi connectivity index (χ4v) is 4.51. The molecule has 0 radical (unpaired) electrons. The summed E-state index contributed by atoms with van der Waals surface area (Å²) >= 11 is 12.8. The van der Waals surface area contributed by atoms with Crippen molar-refractivity contribution >= 4 is 56.8 Å². The van der Waals surface area contributed by atoms with Gasteiger partial charge in [-0.05, 0) is 43.3 Å². The molecule has 0 aliphatic carbocycles. The molecule has 0 aliphatic rings. The lowest BCUT2D eigenvalue weighted by atomic mass is 10.1. The Labute approximate surface area is 199 Å². The van der Waals surface area contributed by atoms with Crippen LogP contribution in [0.5, 0.6) is 0 Å². The number of nitrogens with zero attached hydrogens (tertiary/aromatic N) is 3. The van der Waals surface area contributed by atoms with Gasteiger partial charge in [-0.15, -0.1) is 0 Å². The van der Waals surface area contributed by atoms with E-state index in [1.807, 2.05) is 49.4 Å². The molecule has 2 aromatic carbocycles. The van der Waals surface area contributed by atoms with Gasteiger partial charge in [0, 0.05) is 46.7 Å². The molecule has 0 saturated carbocycles. The summed E-state index contributed by atoms with van der Waals surface area (Å²) in [4.78, 5) is 22.8. The normalized spacial score (nSPS) is 11.4. The van der Waals surface area contributed by atoms with E-state index in [-0.39, 0.29) is 5.69 Å². The fraction of sp³-hybridized carbons (Fsp3) is 0.125. The minimum atomic E-state index is -0.990. The number of aromatic amines is 1. The van der Waals surface area contributed by atoms with E-state index in [2.05, 4.69) is 24.8 Å². The third kappa shape index (κ3) is 4.01. The van der Waals surface area contributed by atoms with E-state index in [4.69, 9.17) is 23.2 Å². The van der Waals surface area contributed by atoms with Crippen LogP contribution >= 0.6 is 23.2 Å². The quantitative estimate of drug-likeness (QED) is 0.277. The second-order valence-electron chi connectivity index (χ2n) is 7.73. The van der Waals surface area contributed by atoms with Crippen LogP contribution < -0.4 is 5.32 Å². The first-order valence-corrected chi connectivity index (χ1v) is 11.0. The van der Waals surface area contributed by atoms with Crippen LogP contribution in [0.4, 0.5) is 5.82 Å². The van der Waals surface area contributed by atoms with Crippen molar-refractivity contribution in [3.63, 3.8) is 0 Å². The van der Waals surface area contributed by atoms with Crippen molar-refractivity contribution in [3.05, 3.63) is 76.3 Å². The van der Waals surface area contributed by atoms with Crippen molar-refractivity contribution in [2.75, 3.05) is 11.9 Å². The van der Waals surface area contributed by atoms with E-state index in [1.54, 1.807) is 6.07 Å². The smallest absolute Gasteiger partial charge is 0.352 e. The highest BCUT2D eigenvalue weighted by atomic mass is 35.5. The van der Waals surface area contributed by atoms with Gasteiger partial charge in [0.25, 0.3) is 0 Å². The largest absolute Gasteiger partial charge is 0.477 e. The van der Waals surface area contributed by atoms with Crippen LogP contribution in [-0.2, 0) is 6.54 Å². The molecule has 5 rings (SSSR count). The van der Waals surface area contributed by atoms with Crippen LogP contribution in [0.2, 0.25) is 10.0 Å². The second-order valence-corrected chi connectivity index (χ2v) is 8.55. The molecular weight excluding hydrogens is 461 g/mol. The second kappa shape index (κ2) is 8.42. The minimum absolute atomic E-state index is 0.154. The molecule has 0 fully saturated rings. The number of nitrogens with one attached hydrogen (secondary N) is 2. The summed E-state index contributed by atoms with van der Waals surface area (Å²) in [7, 11) is 0. The molecule has 0 spiro atoms. The topological polar surface area (TPSA) is 95.8 Å². The molecule has 0 saturated heterocycles. The Balaban J connectivity index is 1.35. The van der Waals surface area contributed by atoms with Crippen molar-refractivity contribution < 1.29 is 9.90 Å². The molecule has 7 nitrogen and oxygen atoms in total. The maximum absolute atomic E-state index is 11.2. The number of halogens is 2. The first-order valence-electron chi connectivity index (χ1n) is 10.3. The van der Waals surface area contributed by atoms with E-state index >= 15 is 0 Å². The van der Waals surface area contributed by atoms with E-state index in [0.29, 0.717) is 29.0 Å². The summed E-state index contributed by atoms with van der Waals surface area (Å²) in [5, 5.41) is 15.6. The zero-order chi connectivity index (χ0) is 23.1. The summed E-state index contributed by atoms with van der Waals surface area (Å²) in [6.45, 7) is 3.34. The molecule has 0 unspecified atom stereocenters. The van der Waals surface area contributed by atoms with Crippen LogP contribution in [0, 0.1) is 6.92 Å². The van der Waals surface area contributed by atoms with Gasteiger partial charge in [-0.2, -0.15) is 0 Å². The fourth-order valence-electron chi connectivity index (χ4n) is 4.03. The number of benzene rings is 2. The Morgan fingerprint density at radius 2 is 1.91 bits per heavy atom. The molecule has 9 heteroatoms. The molecule has 3 aromatic heterocycles. The molecule has 0 bridgehead atoms. The predicted octanol–water partition coefficient (Wildman–Crippen LogP) is 6.01. The number of rotatable bonds is 6. The first-order chi connectivity index (χ1) is 15.9. The molecule has 0 atom stereocenters. The Morgan fingerprint density at radius 1 is 1.09 bits per heavy atom. The highest BCUT2D eigenvalue weighted by Crippen LogP contribution is 2.32. The van der Waals surface area contributed by atoms with Gasteiger partial charge in [0.2, 0.25) is 0 Å². The van der Waals surface area contributed by atoms with E-state index < -0.39 is 5.97 Å². The number of carboxylic acids is 1. The summed E-state index contributed by atoms with van der Waals surface area (Å²) < 4.78 is 2.14. The lowest BCUT2D eigenvalue weighted by molar-refractivity contribution is 0.0691. The first kappa shape index (κ1) is 21.3. The monoisotopic (exact) mass is 479 g/mol. The maximum atomic E-state index is 11.2. The zero-order valence-corrected chi connectivity index (χ0v) is 19.1. The summed E-state index contributed by atoms with van der Waals surface area (Å²) in [6, 6.07) is 14.8. The molecule has 166 valence electrons. The standard InChI is InChI=1S/C24H19Cl2N5O2/c1-13-8-16-17(25)3-4-18(26)23(16)31(13)7-6-27-22-11-20(28-12-29-22)14-2-5-19-15(9-14)10-21(30-19)24(32)33/h2-5,8-12,30H,6-7H2,1H3,(H,32,33)(H,27,28,29). The van der Waals surface area contributed by atoms with Crippen LogP contribution in [0.3, 0.4) is 0 Å². The van der Waals surface area contributed by atoms with E-state index in [1.165, 1.54) is 6.33 Å². The van der Waals surface area contributed by atoms with Gasteiger partial charge in [-0.3, -0.25) is 0 Å². The average molecular weight is 480 g/mol.